The Morgan fingerprint density at radius 2 is 1.76 bits per heavy atom. The fourth-order valence-corrected chi connectivity index (χ4v) is 2.08. The Morgan fingerprint density at radius 3 is 2.48 bits per heavy atom. The third-order valence-electron chi connectivity index (χ3n) is 3.08. The Hall–Kier alpha value is -2.06. The van der Waals surface area contributed by atoms with Gasteiger partial charge in [-0.2, -0.15) is 0 Å². The Morgan fingerprint density at radius 1 is 1.05 bits per heavy atom. The van der Waals surface area contributed by atoms with Crippen LogP contribution in [0.2, 0.25) is 5.02 Å². The number of hydrogen-bond acceptors (Lipinski definition) is 1. The van der Waals surface area contributed by atoms with Gasteiger partial charge in [0.05, 0.1) is 0 Å². The van der Waals surface area contributed by atoms with Gasteiger partial charge in [0.2, 0.25) is 5.91 Å². The molecule has 2 nitrogen and oxygen atoms in total. The zero-order valence-corrected chi connectivity index (χ0v) is 12.5. The van der Waals surface area contributed by atoms with Crippen LogP contribution in [0.15, 0.2) is 60.7 Å². The second-order valence-electron chi connectivity index (χ2n) is 4.77. The van der Waals surface area contributed by atoms with Gasteiger partial charge in [-0.1, -0.05) is 54.1 Å². The Labute approximate surface area is 130 Å². The van der Waals surface area contributed by atoms with E-state index < -0.39 is 0 Å². The van der Waals surface area contributed by atoms with Crippen molar-refractivity contribution < 1.29 is 4.79 Å². The third kappa shape index (κ3) is 5.84. The van der Waals surface area contributed by atoms with Gasteiger partial charge in [-0.3, -0.25) is 4.79 Å². The quantitative estimate of drug-likeness (QED) is 0.631. The van der Waals surface area contributed by atoms with Crippen LogP contribution in [0.1, 0.15) is 17.5 Å². The van der Waals surface area contributed by atoms with Crippen molar-refractivity contribution in [3.8, 4) is 0 Å². The lowest BCUT2D eigenvalue weighted by molar-refractivity contribution is -0.116. The van der Waals surface area contributed by atoms with E-state index in [9.17, 15) is 4.79 Å². The lowest BCUT2D eigenvalue weighted by atomic mass is 10.1. The second kappa shape index (κ2) is 8.28. The zero-order chi connectivity index (χ0) is 14.9. The number of carbonyl (C=O) groups is 1. The van der Waals surface area contributed by atoms with Crippen molar-refractivity contribution in [1.82, 2.24) is 5.32 Å². The molecule has 0 spiro atoms. The first-order chi connectivity index (χ1) is 10.2. The van der Waals surface area contributed by atoms with Crippen LogP contribution in [0.4, 0.5) is 0 Å². The normalized spacial score (nSPS) is 10.7. The SMILES string of the molecule is O=C(/C=C\c1ccc(Cl)cc1)NCCCc1ccccc1. The van der Waals surface area contributed by atoms with Crippen molar-refractivity contribution in [2.45, 2.75) is 12.8 Å². The molecule has 108 valence electrons. The van der Waals surface area contributed by atoms with Gasteiger partial charge in [0.1, 0.15) is 0 Å². The minimum Gasteiger partial charge on any atom is -0.353 e. The van der Waals surface area contributed by atoms with Gasteiger partial charge in [-0.15, -0.1) is 0 Å². The van der Waals surface area contributed by atoms with Crippen molar-refractivity contribution >= 4 is 23.6 Å². The highest BCUT2D eigenvalue weighted by Crippen LogP contribution is 2.10. The number of hydrogen-bond donors (Lipinski definition) is 1. The molecule has 0 aliphatic heterocycles. The average Bonchev–Trinajstić information content (AvgIpc) is 2.52. The van der Waals surface area contributed by atoms with Gasteiger partial charge in [0.15, 0.2) is 0 Å². The first-order valence-corrected chi connectivity index (χ1v) is 7.37. The number of nitrogens with one attached hydrogen (secondary N) is 1. The number of benzene rings is 2. The van der Waals surface area contributed by atoms with Crippen molar-refractivity contribution in [3.63, 3.8) is 0 Å². The van der Waals surface area contributed by atoms with Crippen LogP contribution in [-0.4, -0.2) is 12.5 Å². The standard InChI is InChI=1S/C18H18ClNO/c19-17-11-8-16(9-12-17)10-13-18(21)20-14-4-7-15-5-2-1-3-6-15/h1-3,5-6,8-13H,4,7,14H2,(H,20,21)/b13-10-. The van der Waals surface area contributed by atoms with Crippen molar-refractivity contribution in [3.05, 3.63) is 76.8 Å². The van der Waals surface area contributed by atoms with E-state index in [1.165, 1.54) is 5.56 Å². The monoisotopic (exact) mass is 299 g/mol. The van der Waals surface area contributed by atoms with Crippen molar-refractivity contribution in [2.24, 2.45) is 0 Å². The molecule has 0 bridgehead atoms. The molecule has 2 rings (SSSR count). The highest BCUT2D eigenvalue weighted by molar-refractivity contribution is 6.30. The molecule has 0 heterocycles. The topological polar surface area (TPSA) is 29.1 Å². The van der Waals surface area contributed by atoms with Crippen molar-refractivity contribution in [1.29, 1.82) is 0 Å². The molecular weight excluding hydrogens is 282 g/mol. The van der Waals surface area contributed by atoms with Crippen LogP contribution in [0, 0.1) is 0 Å². The van der Waals surface area contributed by atoms with Crippen LogP contribution >= 0.6 is 11.6 Å². The highest BCUT2D eigenvalue weighted by atomic mass is 35.5. The van der Waals surface area contributed by atoms with Gasteiger partial charge >= 0.3 is 0 Å². The molecule has 0 saturated heterocycles. The van der Waals surface area contributed by atoms with Gasteiger partial charge in [0, 0.05) is 17.6 Å². The highest BCUT2D eigenvalue weighted by Gasteiger charge is 1.96. The number of halogens is 1. The van der Waals surface area contributed by atoms with E-state index in [1.807, 2.05) is 30.3 Å². The van der Waals surface area contributed by atoms with Crippen molar-refractivity contribution in [2.75, 3.05) is 6.54 Å². The van der Waals surface area contributed by atoms with Gasteiger partial charge in [-0.25, -0.2) is 0 Å². The molecule has 0 aliphatic rings. The summed E-state index contributed by atoms with van der Waals surface area (Å²) in [4.78, 5) is 11.7. The number of amides is 1. The average molecular weight is 300 g/mol. The summed E-state index contributed by atoms with van der Waals surface area (Å²) in [5.74, 6) is -0.0713. The molecule has 0 unspecified atom stereocenters. The molecule has 0 saturated carbocycles. The zero-order valence-electron chi connectivity index (χ0n) is 11.8. The smallest absolute Gasteiger partial charge is 0.243 e. The maximum Gasteiger partial charge on any atom is 0.243 e. The predicted octanol–water partition coefficient (Wildman–Crippen LogP) is 4.10. The molecule has 0 aliphatic carbocycles. The minimum absolute atomic E-state index is 0.0713. The lowest BCUT2D eigenvalue weighted by Crippen LogP contribution is -2.22. The molecule has 0 radical (unpaired) electrons. The first kappa shape index (κ1) is 15.3. The van der Waals surface area contributed by atoms with Crippen LogP contribution in [0.3, 0.4) is 0 Å². The summed E-state index contributed by atoms with van der Waals surface area (Å²) >= 11 is 5.81. The van der Waals surface area contributed by atoms with E-state index in [0.29, 0.717) is 11.6 Å². The van der Waals surface area contributed by atoms with Gasteiger partial charge < -0.3 is 5.32 Å². The molecule has 2 aromatic carbocycles. The number of rotatable bonds is 6. The van der Waals surface area contributed by atoms with E-state index in [2.05, 4.69) is 17.4 Å². The summed E-state index contributed by atoms with van der Waals surface area (Å²) in [5.41, 5.74) is 2.25. The number of carbonyl (C=O) groups excluding carboxylic acids is 1. The third-order valence-corrected chi connectivity index (χ3v) is 3.33. The summed E-state index contributed by atoms with van der Waals surface area (Å²) < 4.78 is 0. The molecule has 1 N–H and O–H groups in total. The van der Waals surface area contributed by atoms with Crippen LogP contribution in [0.25, 0.3) is 6.08 Å². The Bertz CT molecular complexity index is 590. The van der Waals surface area contributed by atoms with Crippen LogP contribution in [-0.2, 0) is 11.2 Å². The van der Waals surface area contributed by atoms with Gasteiger partial charge in [0.25, 0.3) is 0 Å². The van der Waals surface area contributed by atoms with Crippen LogP contribution < -0.4 is 5.32 Å². The molecule has 3 heteroatoms. The maximum absolute atomic E-state index is 11.7. The van der Waals surface area contributed by atoms with E-state index in [0.717, 1.165) is 18.4 Å². The fourth-order valence-electron chi connectivity index (χ4n) is 1.95. The lowest BCUT2D eigenvalue weighted by Gasteiger charge is -2.02. The Kier molecular flexibility index (Phi) is 6.04. The van der Waals surface area contributed by atoms with E-state index in [-0.39, 0.29) is 5.91 Å². The van der Waals surface area contributed by atoms with E-state index in [4.69, 9.17) is 11.6 Å². The Balaban J connectivity index is 1.69. The summed E-state index contributed by atoms with van der Waals surface area (Å²) in [6, 6.07) is 17.6. The largest absolute Gasteiger partial charge is 0.353 e. The molecule has 0 fully saturated rings. The first-order valence-electron chi connectivity index (χ1n) is 6.99. The summed E-state index contributed by atoms with van der Waals surface area (Å²) in [6.07, 6.45) is 5.24. The summed E-state index contributed by atoms with van der Waals surface area (Å²) in [7, 11) is 0. The molecule has 21 heavy (non-hydrogen) atoms. The fraction of sp³-hybridized carbons (Fsp3) is 0.167. The van der Waals surface area contributed by atoms with Crippen LogP contribution in [0.5, 0.6) is 0 Å². The molecule has 2 aromatic rings. The minimum atomic E-state index is -0.0713. The molecule has 0 aromatic heterocycles. The second-order valence-corrected chi connectivity index (χ2v) is 5.20. The van der Waals surface area contributed by atoms with Gasteiger partial charge in [-0.05, 0) is 42.2 Å². The molecule has 1 amide bonds. The molecular formula is C18H18ClNO. The summed E-state index contributed by atoms with van der Waals surface area (Å²) in [6.45, 7) is 0.679. The molecule has 0 atom stereocenters. The summed E-state index contributed by atoms with van der Waals surface area (Å²) in [5, 5.41) is 3.57. The number of aryl methyl sites for hydroxylation is 1. The maximum atomic E-state index is 11.7. The van der Waals surface area contributed by atoms with E-state index in [1.54, 1.807) is 24.3 Å². The predicted molar refractivity (Wildman–Crippen MR) is 88.3 cm³/mol. The van der Waals surface area contributed by atoms with E-state index >= 15 is 0 Å².